The summed E-state index contributed by atoms with van der Waals surface area (Å²) in [5.41, 5.74) is 10.9. The molecule has 0 bridgehead atoms. The highest BCUT2D eigenvalue weighted by Gasteiger charge is 2.12. The maximum atomic E-state index is 11.8. The molecule has 0 aliphatic carbocycles. The Morgan fingerprint density at radius 2 is 1.62 bits per heavy atom. The van der Waals surface area contributed by atoms with E-state index in [0.717, 1.165) is 25.7 Å². The van der Waals surface area contributed by atoms with E-state index in [1.54, 1.807) is 0 Å². The number of Topliss-reactive ketones (excluding diaryl/α,β-unsaturated/α-hetero) is 1. The molecule has 0 spiro atoms. The first kappa shape index (κ1) is 19.4. The molecule has 0 amide bonds. The highest BCUT2D eigenvalue weighted by molar-refractivity contribution is 5.83. The summed E-state index contributed by atoms with van der Waals surface area (Å²) in [4.78, 5) is 22.1. The quantitative estimate of drug-likeness (QED) is 0.195. The minimum Gasteiger partial charge on any atom is -0.481 e. The second-order valence-corrected chi connectivity index (χ2v) is 5.22. The highest BCUT2D eigenvalue weighted by Crippen LogP contribution is 2.09. The maximum Gasteiger partial charge on any atom is 0.303 e. The van der Waals surface area contributed by atoms with Crippen molar-refractivity contribution in [2.45, 2.75) is 63.8 Å². The number of carboxylic acids is 1. The van der Waals surface area contributed by atoms with E-state index in [2.05, 4.69) is 5.32 Å². The number of nitrogens with one attached hydrogen (secondary N) is 2. The van der Waals surface area contributed by atoms with Crippen LogP contribution in [0.2, 0.25) is 0 Å². The van der Waals surface area contributed by atoms with E-state index < -0.39 is 12.0 Å². The fourth-order valence-electron chi connectivity index (χ4n) is 2.00. The van der Waals surface area contributed by atoms with E-state index in [9.17, 15) is 9.59 Å². The Bertz CT molecular complexity index is 334. The third kappa shape index (κ3) is 13.1. The molecule has 1 atom stereocenters. The number of carbonyl (C=O) groups is 2. The number of carbonyl (C=O) groups excluding carboxylic acids is 1. The molecule has 0 aromatic rings. The molecule has 7 heteroatoms. The van der Waals surface area contributed by atoms with E-state index in [-0.39, 0.29) is 18.2 Å². The van der Waals surface area contributed by atoms with Crippen molar-refractivity contribution in [2.75, 3.05) is 6.54 Å². The molecule has 0 saturated carbocycles. The van der Waals surface area contributed by atoms with Gasteiger partial charge in [0.05, 0.1) is 6.04 Å². The molecule has 0 rings (SSSR count). The minimum absolute atomic E-state index is 0.0715. The van der Waals surface area contributed by atoms with Crippen LogP contribution in [0.25, 0.3) is 0 Å². The first-order valence-corrected chi connectivity index (χ1v) is 7.51. The van der Waals surface area contributed by atoms with Gasteiger partial charge in [-0.3, -0.25) is 15.0 Å². The fraction of sp³-hybridized carbons (Fsp3) is 0.786. The van der Waals surface area contributed by atoms with Gasteiger partial charge >= 0.3 is 5.97 Å². The standard InChI is InChI=1S/C14H28N4O3/c15-11(7-6-10-18-14(16)17)12(19)8-4-2-1-3-5-9-13(20)21/h11H,1-10,15H2,(H,20,21)(H4,16,17,18)/t11-/m0/s1. The first-order chi connectivity index (χ1) is 9.93. The van der Waals surface area contributed by atoms with Crippen molar-refractivity contribution in [3.8, 4) is 0 Å². The monoisotopic (exact) mass is 300 g/mol. The fourth-order valence-corrected chi connectivity index (χ4v) is 2.00. The number of hydrogen-bond acceptors (Lipinski definition) is 4. The van der Waals surface area contributed by atoms with Gasteiger partial charge in [0, 0.05) is 19.4 Å². The lowest BCUT2D eigenvalue weighted by molar-refractivity contribution is -0.137. The van der Waals surface area contributed by atoms with E-state index in [4.69, 9.17) is 22.0 Å². The van der Waals surface area contributed by atoms with Gasteiger partial charge in [0.1, 0.15) is 5.78 Å². The van der Waals surface area contributed by atoms with Gasteiger partial charge in [0.15, 0.2) is 5.96 Å². The van der Waals surface area contributed by atoms with Crippen LogP contribution in [0.4, 0.5) is 0 Å². The van der Waals surface area contributed by atoms with Crippen LogP contribution in [0.3, 0.4) is 0 Å². The summed E-state index contributed by atoms with van der Waals surface area (Å²) in [5.74, 6) is -0.753. The average molecular weight is 300 g/mol. The maximum absolute atomic E-state index is 11.8. The summed E-state index contributed by atoms with van der Waals surface area (Å²) in [6.07, 6.45) is 6.31. The first-order valence-electron chi connectivity index (χ1n) is 7.51. The van der Waals surface area contributed by atoms with Crippen LogP contribution >= 0.6 is 0 Å². The largest absolute Gasteiger partial charge is 0.481 e. The van der Waals surface area contributed by atoms with Crippen LogP contribution in [-0.4, -0.2) is 35.4 Å². The molecule has 0 aliphatic rings. The third-order valence-corrected chi connectivity index (χ3v) is 3.23. The summed E-state index contributed by atoms with van der Waals surface area (Å²) in [6.45, 7) is 0.555. The van der Waals surface area contributed by atoms with Crippen LogP contribution in [0.5, 0.6) is 0 Å². The molecule has 0 aromatic carbocycles. The van der Waals surface area contributed by atoms with Crippen molar-refractivity contribution >= 4 is 17.7 Å². The van der Waals surface area contributed by atoms with Crippen molar-refractivity contribution in [2.24, 2.45) is 11.5 Å². The van der Waals surface area contributed by atoms with E-state index >= 15 is 0 Å². The summed E-state index contributed by atoms with van der Waals surface area (Å²) in [6, 6.07) is -0.439. The predicted octanol–water partition coefficient (Wildman–Crippen LogP) is 0.961. The van der Waals surface area contributed by atoms with E-state index in [1.807, 2.05) is 0 Å². The van der Waals surface area contributed by atoms with Crippen molar-refractivity contribution in [3.63, 3.8) is 0 Å². The highest BCUT2D eigenvalue weighted by atomic mass is 16.4. The van der Waals surface area contributed by atoms with Crippen molar-refractivity contribution in [1.29, 1.82) is 5.41 Å². The SMILES string of the molecule is N=C(N)NCCC[C@H](N)C(=O)CCCCCCCC(=O)O. The van der Waals surface area contributed by atoms with Gasteiger partial charge in [0.25, 0.3) is 0 Å². The van der Waals surface area contributed by atoms with Gasteiger partial charge in [-0.05, 0) is 25.7 Å². The zero-order valence-corrected chi connectivity index (χ0v) is 12.6. The third-order valence-electron chi connectivity index (χ3n) is 3.23. The number of unbranched alkanes of at least 4 members (excludes halogenated alkanes) is 4. The molecule has 7 nitrogen and oxygen atoms in total. The second kappa shape index (κ2) is 12.1. The lowest BCUT2D eigenvalue weighted by Crippen LogP contribution is -2.34. The van der Waals surface area contributed by atoms with Gasteiger partial charge in [-0.2, -0.15) is 0 Å². The number of rotatable bonds is 13. The van der Waals surface area contributed by atoms with Crippen LogP contribution in [0.1, 0.15) is 57.8 Å². The Balaban J connectivity index is 3.47. The average Bonchev–Trinajstić information content (AvgIpc) is 2.41. The molecule has 0 fully saturated rings. The summed E-state index contributed by atoms with van der Waals surface area (Å²) in [7, 11) is 0. The molecule has 0 radical (unpaired) electrons. The molecule has 0 aromatic heterocycles. The van der Waals surface area contributed by atoms with Crippen molar-refractivity contribution < 1.29 is 14.7 Å². The smallest absolute Gasteiger partial charge is 0.303 e. The van der Waals surface area contributed by atoms with E-state index in [1.165, 1.54) is 0 Å². The minimum atomic E-state index is -0.754. The molecule has 7 N–H and O–H groups in total. The Hall–Kier alpha value is -1.63. The van der Waals surface area contributed by atoms with Crippen LogP contribution in [-0.2, 0) is 9.59 Å². The van der Waals surface area contributed by atoms with Gasteiger partial charge in [0.2, 0.25) is 0 Å². The Kier molecular flexibility index (Phi) is 11.2. The topological polar surface area (TPSA) is 142 Å². The van der Waals surface area contributed by atoms with Crippen LogP contribution in [0.15, 0.2) is 0 Å². The zero-order chi connectivity index (χ0) is 16.1. The van der Waals surface area contributed by atoms with Crippen LogP contribution < -0.4 is 16.8 Å². The lowest BCUT2D eigenvalue weighted by atomic mass is 10.0. The number of guanidine groups is 1. The van der Waals surface area contributed by atoms with Gasteiger partial charge in [-0.25, -0.2) is 0 Å². The Morgan fingerprint density at radius 1 is 1.05 bits per heavy atom. The molecule has 0 saturated heterocycles. The van der Waals surface area contributed by atoms with Gasteiger partial charge in [-0.15, -0.1) is 0 Å². The number of ketones is 1. The second-order valence-electron chi connectivity index (χ2n) is 5.22. The van der Waals surface area contributed by atoms with Crippen LogP contribution in [0, 0.1) is 5.41 Å². The number of aliphatic carboxylic acids is 1. The molecular formula is C14H28N4O3. The normalized spacial score (nSPS) is 11.9. The van der Waals surface area contributed by atoms with Crippen molar-refractivity contribution in [1.82, 2.24) is 5.32 Å². The Labute approximate surface area is 126 Å². The zero-order valence-electron chi connectivity index (χ0n) is 12.6. The van der Waals surface area contributed by atoms with Gasteiger partial charge in [-0.1, -0.05) is 19.3 Å². The summed E-state index contributed by atoms with van der Waals surface area (Å²) < 4.78 is 0. The molecule has 122 valence electrons. The van der Waals surface area contributed by atoms with Crippen molar-refractivity contribution in [3.05, 3.63) is 0 Å². The lowest BCUT2D eigenvalue weighted by Gasteiger charge is -2.10. The number of nitrogens with two attached hydrogens (primary N) is 2. The molecule has 0 aliphatic heterocycles. The number of carboxylic acid groups (broad SMARTS) is 1. The summed E-state index contributed by atoms with van der Waals surface area (Å²) >= 11 is 0. The molecule has 0 heterocycles. The number of hydrogen-bond donors (Lipinski definition) is 5. The van der Waals surface area contributed by atoms with Gasteiger partial charge < -0.3 is 21.9 Å². The Morgan fingerprint density at radius 3 is 2.19 bits per heavy atom. The van der Waals surface area contributed by atoms with E-state index in [0.29, 0.717) is 32.2 Å². The molecular weight excluding hydrogens is 272 g/mol. The molecule has 0 unspecified atom stereocenters. The predicted molar refractivity (Wildman–Crippen MR) is 82.1 cm³/mol. The molecule has 21 heavy (non-hydrogen) atoms. The summed E-state index contributed by atoms with van der Waals surface area (Å²) in [5, 5.41) is 18.1.